The number of hydrogen-bond donors (Lipinski definition) is 1. The van der Waals surface area contributed by atoms with E-state index in [2.05, 4.69) is 5.10 Å². The fourth-order valence-electron chi connectivity index (χ4n) is 1.23. The lowest BCUT2D eigenvalue weighted by molar-refractivity contribution is 0.791. The van der Waals surface area contributed by atoms with Gasteiger partial charge in [0.1, 0.15) is 5.82 Å². The number of aryl methyl sites for hydroxylation is 1. The second kappa shape index (κ2) is 2.38. The Morgan fingerprint density at radius 2 is 2.25 bits per heavy atom. The number of anilines is 1. The van der Waals surface area contributed by atoms with E-state index >= 15 is 0 Å². The predicted molar refractivity (Wildman–Crippen MR) is 50.1 cm³/mol. The molecule has 0 aliphatic carbocycles. The second-order valence-corrected chi connectivity index (χ2v) is 3.05. The van der Waals surface area contributed by atoms with E-state index in [-0.39, 0.29) is 0 Å². The van der Waals surface area contributed by atoms with Crippen LogP contribution < -0.4 is 5.73 Å². The minimum atomic E-state index is 0.607. The van der Waals surface area contributed by atoms with Crippen molar-refractivity contribution < 1.29 is 0 Å². The molecule has 0 atom stereocenters. The number of benzene rings is 1. The number of hydrogen-bond acceptors (Lipinski definition) is 2. The number of fused-ring (bicyclic) bond motifs is 1. The first-order valence-electron chi connectivity index (χ1n) is 3.57. The highest BCUT2D eigenvalue weighted by Crippen LogP contribution is 2.27. The van der Waals surface area contributed by atoms with Crippen molar-refractivity contribution in [3.05, 3.63) is 23.2 Å². The van der Waals surface area contributed by atoms with Crippen LogP contribution in [0.15, 0.2) is 18.2 Å². The van der Waals surface area contributed by atoms with Crippen molar-refractivity contribution in [2.45, 2.75) is 0 Å². The SMILES string of the molecule is Cn1nc2cccc(Cl)c2c1N. The minimum Gasteiger partial charge on any atom is -0.383 e. The Morgan fingerprint density at radius 1 is 1.50 bits per heavy atom. The number of halogens is 1. The standard InChI is InChI=1S/C8H8ClN3/c1-12-8(10)7-5(9)3-2-4-6(7)11-12/h2-4H,10H2,1H3. The van der Waals surface area contributed by atoms with Crippen LogP contribution in [0.25, 0.3) is 10.9 Å². The number of nitrogen functional groups attached to an aromatic ring is 1. The molecule has 3 nitrogen and oxygen atoms in total. The van der Waals surface area contributed by atoms with Crippen LogP contribution in [0, 0.1) is 0 Å². The van der Waals surface area contributed by atoms with Crippen LogP contribution in [-0.4, -0.2) is 9.78 Å². The molecule has 2 N–H and O–H groups in total. The lowest BCUT2D eigenvalue weighted by Gasteiger charge is -1.93. The van der Waals surface area contributed by atoms with E-state index in [1.54, 1.807) is 11.7 Å². The summed E-state index contributed by atoms with van der Waals surface area (Å²) in [5, 5.41) is 5.67. The highest BCUT2D eigenvalue weighted by atomic mass is 35.5. The van der Waals surface area contributed by atoms with Crippen molar-refractivity contribution in [3.63, 3.8) is 0 Å². The maximum atomic E-state index is 5.94. The first-order chi connectivity index (χ1) is 5.70. The maximum Gasteiger partial charge on any atom is 0.130 e. The van der Waals surface area contributed by atoms with Gasteiger partial charge in [-0.2, -0.15) is 5.10 Å². The molecule has 2 aromatic rings. The first-order valence-corrected chi connectivity index (χ1v) is 3.94. The molecule has 0 aliphatic rings. The molecule has 4 heteroatoms. The third-order valence-corrected chi connectivity index (χ3v) is 2.17. The monoisotopic (exact) mass is 181 g/mol. The highest BCUT2D eigenvalue weighted by Gasteiger charge is 2.07. The van der Waals surface area contributed by atoms with Crippen molar-refractivity contribution >= 4 is 28.3 Å². The van der Waals surface area contributed by atoms with E-state index in [1.807, 2.05) is 18.2 Å². The molecule has 0 unspecified atom stereocenters. The summed E-state index contributed by atoms with van der Waals surface area (Å²) in [6, 6.07) is 5.55. The first kappa shape index (κ1) is 7.43. The molecule has 0 aliphatic heterocycles. The van der Waals surface area contributed by atoms with Crippen LogP contribution in [0.1, 0.15) is 0 Å². The molecule has 1 aromatic carbocycles. The molecule has 0 spiro atoms. The zero-order valence-corrected chi connectivity index (χ0v) is 7.34. The molecule has 0 fully saturated rings. The summed E-state index contributed by atoms with van der Waals surface area (Å²) < 4.78 is 1.62. The topological polar surface area (TPSA) is 43.8 Å². The van der Waals surface area contributed by atoms with E-state index in [4.69, 9.17) is 17.3 Å². The van der Waals surface area contributed by atoms with Gasteiger partial charge in [0.2, 0.25) is 0 Å². The van der Waals surface area contributed by atoms with E-state index in [0.717, 1.165) is 10.9 Å². The molecule has 62 valence electrons. The van der Waals surface area contributed by atoms with Crippen molar-refractivity contribution in [2.24, 2.45) is 7.05 Å². The Kier molecular flexibility index (Phi) is 1.48. The van der Waals surface area contributed by atoms with Crippen molar-refractivity contribution in [3.8, 4) is 0 Å². The smallest absolute Gasteiger partial charge is 0.130 e. The van der Waals surface area contributed by atoms with Crippen molar-refractivity contribution in [1.82, 2.24) is 9.78 Å². The van der Waals surface area contributed by atoms with Gasteiger partial charge < -0.3 is 5.73 Å². The molecule has 0 amide bonds. The lowest BCUT2D eigenvalue weighted by atomic mass is 10.2. The van der Waals surface area contributed by atoms with Crippen LogP contribution in [0.2, 0.25) is 5.02 Å². The Hall–Kier alpha value is -1.22. The number of nitrogens with two attached hydrogens (primary N) is 1. The van der Waals surface area contributed by atoms with Gasteiger partial charge in [0.05, 0.1) is 15.9 Å². The summed E-state index contributed by atoms with van der Waals surface area (Å²) >= 11 is 5.94. The average molecular weight is 182 g/mol. The summed E-state index contributed by atoms with van der Waals surface area (Å²) in [7, 11) is 1.80. The zero-order valence-electron chi connectivity index (χ0n) is 6.58. The molecule has 0 bridgehead atoms. The van der Waals surface area contributed by atoms with Crippen LogP contribution in [-0.2, 0) is 7.05 Å². The van der Waals surface area contributed by atoms with Crippen molar-refractivity contribution in [2.75, 3.05) is 5.73 Å². The average Bonchev–Trinajstić information content (AvgIpc) is 2.29. The third-order valence-electron chi connectivity index (χ3n) is 1.85. The Morgan fingerprint density at radius 3 is 2.92 bits per heavy atom. The van der Waals surface area contributed by atoms with Crippen LogP contribution in [0.4, 0.5) is 5.82 Å². The zero-order chi connectivity index (χ0) is 8.72. The lowest BCUT2D eigenvalue weighted by Crippen LogP contribution is -1.96. The fourth-order valence-corrected chi connectivity index (χ4v) is 1.49. The fraction of sp³-hybridized carbons (Fsp3) is 0.125. The predicted octanol–water partition coefficient (Wildman–Crippen LogP) is 1.81. The maximum absolute atomic E-state index is 5.94. The summed E-state index contributed by atoms with van der Waals surface area (Å²) in [6.07, 6.45) is 0. The number of rotatable bonds is 0. The minimum absolute atomic E-state index is 0.607. The second-order valence-electron chi connectivity index (χ2n) is 2.64. The quantitative estimate of drug-likeness (QED) is 0.674. The molecular formula is C8H8ClN3. The summed E-state index contributed by atoms with van der Waals surface area (Å²) in [5.74, 6) is 0.607. The molecule has 12 heavy (non-hydrogen) atoms. The Labute approximate surface area is 74.7 Å². The van der Waals surface area contributed by atoms with Gasteiger partial charge in [0.15, 0.2) is 0 Å². The molecule has 0 saturated heterocycles. The van der Waals surface area contributed by atoms with Crippen molar-refractivity contribution in [1.29, 1.82) is 0 Å². The van der Waals surface area contributed by atoms with E-state index in [1.165, 1.54) is 0 Å². The molecule has 1 aromatic heterocycles. The number of nitrogens with zero attached hydrogens (tertiary/aromatic N) is 2. The van der Waals surface area contributed by atoms with Gasteiger partial charge in [-0.05, 0) is 12.1 Å². The highest BCUT2D eigenvalue weighted by molar-refractivity contribution is 6.36. The number of aromatic nitrogens is 2. The van der Waals surface area contributed by atoms with Gasteiger partial charge in [-0.25, -0.2) is 0 Å². The van der Waals surface area contributed by atoms with Crippen LogP contribution in [0.3, 0.4) is 0 Å². The molecule has 0 radical (unpaired) electrons. The molecule has 0 saturated carbocycles. The molecule has 1 heterocycles. The van der Waals surface area contributed by atoms with Crippen LogP contribution in [0.5, 0.6) is 0 Å². The van der Waals surface area contributed by atoms with Gasteiger partial charge in [-0.3, -0.25) is 4.68 Å². The summed E-state index contributed by atoms with van der Waals surface area (Å²) in [6.45, 7) is 0. The third kappa shape index (κ3) is 0.865. The largest absolute Gasteiger partial charge is 0.383 e. The van der Waals surface area contributed by atoms with Gasteiger partial charge in [-0.15, -0.1) is 0 Å². The van der Waals surface area contributed by atoms with Gasteiger partial charge in [0.25, 0.3) is 0 Å². The molecule has 2 rings (SSSR count). The van der Waals surface area contributed by atoms with E-state index in [0.29, 0.717) is 10.8 Å². The summed E-state index contributed by atoms with van der Waals surface area (Å²) in [4.78, 5) is 0. The van der Waals surface area contributed by atoms with E-state index < -0.39 is 0 Å². The normalized spacial score (nSPS) is 10.8. The van der Waals surface area contributed by atoms with Crippen LogP contribution >= 0.6 is 11.6 Å². The summed E-state index contributed by atoms with van der Waals surface area (Å²) in [5.41, 5.74) is 6.59. The van der Waals surface area contributed by atoms with Gasteiger partial charge in [0, 0.05) is 7.05 Å². The Balaban J connectivity index is 2.97. The van der Waals surface area contributed by atoms with Gasteiger partial charge >= 0.3 is 0 Å². The van der Waals surface area contributed by atoms with Gasteiger partial charge in [-0.1, -0.05) is 17.7 Å². The Bertz CT molecular complexity index is 433. The van der Waals surface area contributed by atoms with E-state index in [9.17, 15) is 0 Å². The molecular weight excluding hydrogens is 174 g/mol.